The lowest BCUT2D eigenvalue weighted by atomic mass is 9.79. The van der Waals surface area contributed by atoms with Gasteiger partial charge < -0.3 is 10.6 Å². The minimum atomic E-state index is -0.275. The molecule has 0 aromatic rings. The molecule has 0 radical (unpaired) electrons. The van der Waals surface area contributed by atoms with Crippen molar-refractivity contribution in [1.82, 2.24) is 10.6 Å². The molecule has 34 heavy (non-hydrogen) atoms. The van der Waals surface area contributed by atoms with Gasteiger partial charge >= 0.3 is 6.03 Å². The van der Waals surface area contributed by atoms with Gasteiger partial charge in [-0.15, -0.1) is 0 Å². The van der Waals surface area contributed by atoms with E-state index in [1.165, 1.54) is 22.3 Å². The number of nitrogens with one attached hydrogen (secondary N) is 2. The lowest BCUT2D eigenvalue weighted by molar-refractivity contribution is 0.182. The Balaban J connectivity index is 2.08. The molecule has 3 nitrogen and oxygen atoms in total. The van der Waals surface area contributed by atoms with Crippen LogP contribution in [-0.2, 0) is 0 Å². The number of amides is 2. The van der Waals surface area contributed by atoms with E-state index in [1.54, 1.807) is 0 Å². The second-order valence-corrected chi connectivity index (χ2v) is 12.2. The maximum atomic E-state index is 13.3. The zero-order valence-corrected chi connectivity index (χ0v) is 23.4. The van der Waals surface area contributed by atoms with Crippen molar-refractivity contribution in [3.63, 3.8) is 0 Å². The van der Waals surface area contributed by atoms with E-state index in [0.717, 1.165) is 64.2 Å². The molecule has 2 aliphatic rings. The van der Waals surface area contributed by atoms with Gasteiger partial charge in [-0.25, -0.2) is 4.79 Å². The van der Waals surface area contributed by atoms with E-state index in [2.05, 4.69) is 90.3 Å². The third-order valence-electron chi connectivity index (χ3n) is 8.25. The van der Waals surface area contributed by atoms with Crippen molar-refractivity contribution in [2.45, 2.75) is 131 Å². The molecule has 0 spiro atoms. The fourth-order valence-electron chi connectivity index (χ4n) is 5.36. The van der Waals surface area contributed by atoms with Crippen LogP contribution in [0.2, 0.25) is 0 Å². The molecule has 0 aromatic carbocycles. The molecular weight excluding hydrogens is 416 g/mol. The third kappa shape index (κ3) is 9.47. The van der Waals surface area contributed by atoms with Gasteiger partial charge in [0.1, 0.15) is 0 Å². The van der Waals surface area contributed by atoms with E-state index < -0.39 is 0 Å². The van der Waals surface area contributed by atoms with E-state index >= 15 is 0 Å². The number of urea groups is 1. The SMILES string of the molecule is C/C1=C/C[C@H](C(C)(C)NC(=O)NC(C)(C)[C@H]2C/C=C(/C)CC/C=C(/C)CC2)CC/C(C)=C\CC1. The van der Waals surface area contributed by atoms with Crippen molar-refractivity contribution in [2.24, 2.45) is 11.8 Å². The lowest BCUT2D eigenvalue weighted by Gasteiger charge is -2.39. The molecule has 2 N–H and O–H groups in total. The first-order valence-electron chi connectivity index (χ1n) is 13.6. The Hall–Kier alpha value is -1.77. The first-order chi connectivity index (χ1) is 15.9. The van der Waals surface area contributed by atoms with Crippen LogP contribution in [0.1, 0.15) is 120 Å². The highest BCUT2D eigenvalue weighted by atomic mass is 16.2. The number of carbonyl (C=O) groups excluding carboxylic acids is 1. The van der Waals surface area contributed by atoms with E-state index in [9.17, 15) is 4.79 Å². The van der Waals surface area contributed by atoms with Crippen LogP contribution in [0, 0.1) is 11.8 Å². The standard InChI is InChI=1S/C31H52N2O/c1-23-11-9-12-24(2)16-20-27(19-15-23)30(5,6)32-29(34)33-31(7,8)28-21-17-25(3)13-10-14-26(4)18-22-28/h11,13,16,18,27-28H,9-10,12,14-15,17,19-22H2,1-8H3,(H2,32,33,34)/b23-11-,24-16-,25-13-,26-18-/t27-,28-/m1/s1. The van der Waals surface area contributed by atoms with Crippen molar-refractivity contribution in [3.05, 3.63) is 46.6 Å². The molecule has 0 saturated carbocycles. The summed E-state index contributed by atoms with van der Waals surface area (Å²) in [5, 5.41) is 6.75. The van der Waals surface area contributed by atoms with Gasteiger partial charge in [-0.3, -0.25) is 0 Å². The lowest BCUT2D eigenvalue weighted by Crippen LogP contribution is -2.58. The van der Waals surface area contributed by atoms with Crippen LogP contribution in [-0.4, -0.2) is 17.1 Å². The molecule has 0 aromatic heterocycles. The summed E-state index contributed by atoms with van der Waals surface area (Å²) in [4.78, 5) is 13.3. The number of rotatable bonds is 4. The largest absolute Gasteiger partial charge is 0.333 e. The summed E-state index contributed by atoms with van der Waals surface area (Å²) in [5.41, 5.74) is 5.32. The first-order valence-corrected chi connectivity index (χ1v) is 13.6. The molecular formula is C31H52N2O. The number of hydrogen-bond donors (Lipinski definition) is 2. The monoisotopic (exact) mass is 468 g/mol. The minimum Gasteiger partial charge on any atom is -0.333 e. The molecule has 0 heterocycles. The van der Waals surface area contributed by atoms with Crippen LogP contribution >= 0.6 is 0 Å². The molecule has 192 valence electrons. The molecule has 0 unspecified atom stereocenters. The average molecular weight is 469 g/mol. The molecule has 0 bridgehead atoms. The van der Waals surface area contributed by atoms with Crippen molar-refractivity contribution in [3.8, 4) is 0 Å². The second kappa shape index (κ2) is 12.8. The Morgan fingerprint density at radius 2 is 1.00 bits per heavy atom. The van der Waals surface area contributed by atoms with Gasteiger partial charge in [-0.05, 0) is 131 Å². The number of allylic oxidation sites excluding steroid dienone is 8. The normalized spacial score (nSPS) is 30.2. The predicted octanol–water partition coefficient (Wildman–Crippen LogP) is 8.79. The highest BCUT2D eigenvalue weighted by Gasteiger charge is 2.34. The van der Waals surface area contributed by atoms with Crippen molar-refractivity contribution < 1.29 is 4.79 Å². The predicted molar refractivity (Wildman–Crippen MR) is 148 cm³/mol. The Labute approximate surface area is 210 Å². The Morgan fingerprint density at radius 1 is 0.647 bits per heavy atom. The van der Waals surface area contributed by atoms with E-state index in [4.69, 9.17) is 0 Å². The Morgan fingerprint density at radius 3 is 1.38 bits per heavy atom. The Kier molecular flexibility index (Phi) is 10.7. The van der Waals surface area contributed by atoms with Crippen molar-refractivity contribution in [1.29, 1.82) is 0 Å². The molecule has 0 aliphatic heterocycles. The summed E-state index contributed by atoms with van der Waals surface area (Å²) < 4.78 is 0. The zero-order chi connectivity index (χ0) is 25.4. The van der Waals surface area contributed by atoms with E-state index in [-0.39, 0.29) is 17.1 Å². The second-order valence-electron chi connectivity index (χ2n) is 12.2. The molecule has 0 fully saturated rings. The van der Waals surface area contributed by atoms with Gasteiger partial charge in [0.15, 0.2) is 0 Å². The van der Waals surface area contributed by atoms with Crippen LogP contribution in [0.5, 0.6) is 0 Å². The smallest absolute Gasteiger partial charge is 0.315 e. The van der Waals surface area contributed by atoms with Gasteiger partial charge in [0.25, 0.3) is 0 Å². The summed E-state index contributed by atoms with van der Waals surface area (Å²) in [5.74, 6) is 0.814. The number of carbonyl (C=O) groups is 1. The first kappa shape index (κ1) is 28.5. The molecule has 2 aliphatic carbocycles. The van der Waals surface area contributed by atoms with Gasteiger partial charge in [0.05, 0.1) is 0 Å². The van der Waals surface area contributed by atoms with Gasteiger partial charge in [0.2, 0.25) is 0 Å². The van der Waals surface area contributed by atoms with Crippen LogP contribution in [0.3, 0.4) is 0 Å². The fourth-order valence-corrected chi connectivity index (χ4v) is 5.36. The molecule has 3 heteroatoms. The van der Waals surface area contributed by atoms with Crippen LogP contribution in [0.15, 0.2) is 46.6 Å². The van der Waals surface area contributed by atoms with Gasteiger partial charge in [0, 0.05) is 11.1 Å². The van der Waals surface area contributed by atoms with Crippen LogP contribution < -0.4 is 10.6 Å². The maximum absolute atomic E-state index is 13.3. The van der Waals surface area contributed by atoms with Crippen molar-refractivity contribution in [2.75, 3.05) is 0 Å². The summed E-state index contributed by atoms with van der Waals surface area (Å²) in [6.45, 7) is 17.8. The summed E-state index contributed by atoms with van der Waals surface area (Å²) in [6, 6.07) is -0.0369. The highest BCUT2D eigenvalue weighted by molar-refractivity contribution is 5.75. The highest BCUT2D eigenvalue weighted by Crippen LogP contribution is 2.31. The fraction of sp³-hybridized carbons (Fsp3) is 0.710. The Bertz CT molecular complexity index is 743. The van der Waals surface area contributed by atoms with Gasteiger partial charge in [-0.2, -0.15) is 0 Å². The molecule has 2 amide bonds. The van der Waals surface area contributed by atoms with Crippen molar-refractivity contribution >= 4 is 6.03 Å². The maximum Gasteiger partial charge on any atom is 0.315 e. The quantitative estimate of drug-likeness (QED) is 0.398. The third-order valence-corrected chi connectivity index (χ3v) is 8.25. The molecule has 0 saturated heterocycles. The number of hydrogen-bond acceptors (Lipinski definition) is 1. The topological polar surface area (TPSA) is 41.1 Å². The van der Waals surface area contributed by atoms with Gasteiger partial charge in [-0.1, -0.05) is 46.6 Å². The molecule has 2 atom stereocenters. The van der Waals surface area contributed by atoms with Crippen LogP contribution in [0.4, 0.5) is 4.79 Å². The molecule has 2 rings (SSSR count). The summed E-state index contributed by atoms with van der Waals surface area (Å²) in [6.07, 6.45) is 20.6. The minimum absolute atomic E-state index is 0.0369. The average Bonchev–Trinajstić information content (AvgIpc) is 2.71. The van der Waals surface area contributed by atoms with E-state index in [1.807, 2.05) is 0 Å². The summed E-state index contributed by atoms with van der Waals surface area (Å²) >= 11 is 0. The summed E-state index contributed by atoms with van der Waals surface area (Å²) in [7, 11) is 0. The zero-order valence-electron chi connectivity index (χ0n) is 23.4. The van der Waals surface area contributed by atoms with E-state index in [0.29, 0.717) is 11.8 Å². The van der Waals surface area contributed by atoms with Crippen LogP contribution in [0.25, 0.3) is 0 Å².